The number of carbonyl (C=O) groups is 1. The van der Waals surface area contributed by atoms with Crippen molar-refractivity contribution >= 4 is 11.7 Å². The van der Waals surface area contributed by atoms with E-state index in [0.29, 0.717) is 5.69 Å². The number of hydrogen-bond acceptors (Lipinski definition) is 5. The molecule has 1 fully saturated rings. The van der Waals surface area contributed by atoms with Crippen molar-refractivity contribution in [2.24, 2.45) is 5.73 Å². The van der Waals surface area contributed by atoms with E-state index in [1.54, 1.807) is 19.2 Å². The van der Waals surface area contributed by atoms with E-state index in [9.17, 15) is 4.79 Å². The molecule has 0 unspecified atom stereocenters. The fourth-order valence-electron chi connectivity index (χ4n) is 1.44. The molecule has 2 heterocycles. The zero-order valence-corrected chi connectivity index (χ0v) is 8.47. The molecule has 6 nitrogen and oxygen atoms in total. The highest BCUT2D eigenvalue weighted by molar-refractivity contribution is 5.91. The smallest absolute Gasteiger partial charge is 0.271 e. The van der Waals surface area contributed by atoms with E-state index in [1.165, 1.54) is 0 Å². The average molecular weight is 207 g/mol. The van der Waals surface area contributed by atoms with Crippen molar-refractivity contribution in [1.82, 2.24) is 15.5 Å². The molecular formula is C9H13N5O. The molecule has 1 aliphatic rings. The predicted octanol–water partition coefficient (Wildman–Crippen LogP) is -1.02. The van der Waals surface area contributed by atoms with Crippen LogP contribution in [0.3, 0.4) is 0 Å². The zero-order chi connectivity index (χ0) is 10.8. The SMILES string of the molecule is CNC(=O)c1ccc(N2CC(N)C2)nn1. The van der Waals surface area contributed by atoms with Gasteiger partial charge in [-0.1, -0.05) is 0 Å². The van der Waals surface area contributed by atoms with Crippen LogP contribution in [-0.4, -0.2) is 42.3 Å². The molecule has 3 N–H and O–H groups in total. The highest BCUT2D eigenvalue weighted by Gasteiger charge is 2.24. The number of nitrogens with two attached hydrogens (primary N) is 1. The molecule has 0 spiro atoms. The van der Waals surface area contributed by atoms with Crippen LogP contribution in [0.15, 0.2) is 12.1 Å². The molecule has 0 bridgehead atoms. The van der Waals surface area contributed by atoms with Crippen LogP contribution in [0, 0.1) is 0 Å². The van der Waals surface area contributed by atoms with E-state index in [-0.39, 0.29) is 11.9 Å². The van der Waals surface area contributed by atoms with E-state index < -0.39 is 0 Å². The van der Waals surface area contributed by atoms with Crippen molar-refractivity contribution in [3.8, 4) is 0 Å². The fraction of sp³-hybridized carbons (Fsp3) is 0.444. The van der Waals surface area contributed by atoms with Crippen molar-refractivity contribution in [2.75, 3.05) is 25.0 Å². The van der Waals surface area contributed by atoms with E-state index in [4.69, 9.17) is 5.73 Å². The second kappa shape index (κ2) is 3.82. The lowest BCUT2D eigenvalue weighted by Gasteiger charge is -2.37. The summed E-state index contributed by atoms with van der Waals surface area (Å²) < 4.78 is 0. The number of hydrogen-bond donors (Lipinski definition) is 2. The van der Waals surface area contributed by atoms with E-state index in [0.717, 1.165) is 18.9 Å². The number of nitrogens with one attached hydrogen (secondary N) is 1. The number of amides is 1. The second-order valence-corrected chi connectivity index (χ2v) is 3.52. The first kappa shape index (κ1) is 9.85. The summed E-state index contributed by atoms with van der Waals surface area (Å²) >= 11 is 0. The lowest BCUT2D eigenvalue weighted by Crippen LogP contribution is -2.56. The Morgan fingerprint density at radius 3 is 2.73 bits per heavy atom. The maximum absolute atomic E-state index is 11.2. The summed E-state index contributed by atoms with van der Waals surface area (Å²) in [5.74, 6) is 0.540. The largest absolute Gasteiger partial charge is 0.354 e. The molecule has 1 aromatic heterocycles. The minimum absolute atomic E-state index is 0.227. The Bertz CT molecular complexity index is 357. The zero-order valence-electron chi connectivity index (χ0n) is 8.47. The highest BCUT2D eigenvalue weighted by Crippen LogP contribution is 2.15. The van der Waals surface area contributed by atoms with Gasteiger partial charge in [0.2, 0.25) is 0 Å². The Morgan fingerprint density at radius 2 is 2.27 bits per heavy atom. The number of anilines is 1. The van der Waals surface area contributed by atoms with Gasteiger partial charge in [-0.15, -0.1) is 10.2 Å². The maximum Gasteiger partial charge on any atom is 0.271 e. The first-order chi connectivity index (χ1) is 7.20. The lowest BCUT2D eigenvalue weighted by molar-refractivity contribution is 0.0957. The molecule has 1 saturated heterocycles. The molecule has 15 heavy (non-hydrogen) atoms. The molecular weight excluding hydrogens is 194 g/mol. The second-order valence-electron chi connectivity index (χ2n) is 3.52. The molecule has 1 aliphatic heterocycles. The maximum atomic E-state index is 11.2. The van der Waals surface area contributed by atoms with Gasteiger partial charge >= 0.3 is 0 Å². The minimum Gasteiger partial charge on any atom is -0.354 e. The summed E-state index contributed by atoms with van der Waals surface area (Å²) in [5.41, 5.74) is 5.98. The van der Waals surface area contributed by atoms with Crippen molar-refractivity contribution in [2.45, 2.75) is 6.04 Å². The van der Waals surface area contributed by atoms with Crippen LogP contribution in [0.2, 0.25) is 0 Å². The topological polar surface area (TPSA) is 84.1 Å². The Balaban J connectivity index is 2.07. The predicted molar refractivity (Wildman–Crippen MR) is 55.6 cm³/mol. The molecule has 0 aromatic carbocycles. The summed E-state index contributed by atoms with van der Waals surface area (Å²) in [6, 6.07) is 3.67. The first-order valence-corrected chi connectivity index (χ1v) is 4.77. The normalized spacial score (nSPS) is 16.0. The Labute approximate surface area is 87.5 Å². The van der Waals surface area contributed by atoms with Crippen LogP contribution in [0.4, 0.5) is 5.82 Å². The molecule has 0 atom stereocenters. The van der Waals surface area contributed by atoms with Crippen LogP contribution in [0.25, 0.3) is 0 Å². The van der Waals surface area contributed by atoms with Crippen molar-refractivity contribution < 1.29 is 4.79 Å². The Morgan fingerprint density at radius 1 is 1.53 bits per heavy atom. The van der Waals surface area contributed by atoms with Crippen LogP contribution in [0.5, 0.6) is 0 Å². The Kier molecular flexibility index (Phi) is 2.51. The van der Waals surface area contributed by atoms with Crippen LogP contribution < -0.4 is 16.0 Å². The minimum atomic E-state index is -0.227. The summed E-state index contributed by atoms with van der Waals surface area (Å²) in [6.45, 7) is 1.60. The molecule has 0 saturated carbocycles. The third-order valence-corrected chi connectivity index (χ3v) is 2.34. The monoisotopic (exact) mass is 207 g/mol. The molecule has 1 amide bonds. The Hall–Kier alpha value is -1.69. The van der Waals surface area contributed by atoms with E-state index in [2.05, 4.69) is 15.5 Å². The summed E-state index contributed by atoms with van der Waals surface area (Å²) in [6.07, 6.45) is 0. The third-order valence-electron chi connectivity index (χ3n) is 2.34. The number of carbonyl (C=O) groups excluding carboxylic acids is 1. The average Bonchev–Trinajstić information content (AvgIpc) is 2.24. The standard InChI is InChI=1S/C9H13N5O/c1-11-9(15)7-2-3-8(13-12-7)14-4-6(10)5-14/h2-3,6H,4-5,10H2,1H3,(H,11,15). The van der Waals surface area contributed by atoms with E-state index >= 15 is 0 Å². The van der Waals surface area contributed by atoms with Crippen molar-refractivity contribution in [1.29, 1.82) is 0 Å². The molecule has 80 valence electrons. The third kappa shape index (κ3) is 1.89. The lowest BCUT2D eigenvalue weighted by atomic mass is 10.1. The summed E-state index contributed by atoms with van der Waals surface area (Å²) in [5, 5.41) is 10.3. The first-order valence-electron chi connectivity index (χ1n) is 4.77. The number of rotatable bonds is 2. The molecule has 1 aromatic rings. The van der Waals surface area contributed by atoms with Crippen LogP contribution >= 0.6 is 0 Å². The number of aromatic nitrogens is 2. The van der Waals surface area contributed by atoms with Crippen LogP contribution in [0.1, 0.15) is 10.5 Å². The van der Waals surface area contributed by atoms with Gasteiger partial charge < -0.3 is 16.0 Å². The van der Waals surface area contributed by atoms with Crippen molar-refractivity contribution in [3.63, 3.8) is 0 Å². The highest BCUT2D eigenvalue weighted by atomic mass is 16.1. The van der Waals surface area contributed by atoms with Gasteiger partial charge in [-0.2, -0.15) is 0 Å². The van der Waals surface area contributed by atoms with Crippen LogP contribution in [-0.2, 0) is 0 Å². The quantitative estimate of drug-likeness (QED) is 0.648. The van der Waals surface area contributed by atoms with Gasteiger partial charge in [-0.3, -0.25) is 4.79 Å². The summed E-state index contributed by atoms with van der Waals surface area (Å²) in [7, 11) is 1.56. The summed E-state index contributed by atoms with van der Waals surface area (Å²) in [4.78, 5) is 13.2. The van der Waals surface area contributed by atoms with Gasteiger partial charge in [0, 0.05) is 26.2 Å². The van der Waals surface area contributed by atoms with Gasteiger partial charge in [0.05, 0.1) is 0 Å². The van der Waals surface area contributed by atoms with Crippen molar-refractivity contribution in [3.05, 3.63) is 17.8 Å². The molecule has 0 radical (unpaired) electrons. The molecule has 0 aliphatic carbocycles. The van der Waals surface area contributed by atoms with Gasteiger partial charge in [0.25, 0.3) is 5.91 Å². The van der Waals surface area contributed by atoms with Gasteiger partial charge in [-0.25, -0.2) is 0 Å². The van der Waals surface area contributed by atoms with Gasteiger partial charge in [-0.05, 0) is 12.1 Å². The van der Waals surface area contributed by atoms with Gasteiger partial charge in [0.15, 0.2) is 11.5 Å². The van der Waals surface area contributed by atoms with E-state index in [1.807, 2.05) is 4.90 Å². The fourth-order valence-corrected chi connectivity index (χ4v) is 1.44. The van der Waals surface area contributed by atoms with Gasteiger partial charge in [0.1, 0.15) is 0 Å². The molecule has 6 heteroatoms. The number of nitrogens with zero attached hydrogens (tertiary/aromatic N) is 3. The molecule has 2 rings (SSSR count).